The van der Waals surface area contributed by atoms with Gasteiger partial charge in [-0.1, -0.05) is 60.7 Å². The van der Waals surface area contributed by atoms with Crippen LogP contribution < -0.4 is 10.6 Å². The van der Waals surface area contributed by atoms with E-state index in [0.29, 0.717) is 5.76 Å². The Kier molecular flexibility index (Phi) is 5.17. The molecule has 0 saturated heterocycles. The number of rotatable bonds is 7. The van der Waals surface area contributed by atoms with Gasteiger partial charge in [-0.25, -0.2) is 4.79 Å². The molecule has 3 N–H and O–H groups in total. The predicted molar refractivity (Wildman–Crippen MR) is 107 cm³/mol. The van der Waals surface area contributed by atoms with E-state index in [0.717, 1.165) is 24.0 Å². The average molecular weight is 376 g/mol. The fourth-order valence-corrected chi connectivity index (χ4v) is 3.57. The molecule has 0 radical (unpaired) electrons. The molecule has 4 rings (SSSR count). The maximum absolute atomic E-state index is 12.7. The molecule has 144 valence electrons. The van der Waals surface area contributed by atoms with Crippen molar-refractivity contribution in [3.63, 3.8) is 0 Å². The van der Waals surface area contributed by atoms with Crippen LogP contribution in [-0.2, 0) is 5.60 Å². The number of hydrogen-bond donors (Lipinski definition) is 3. The van der Waals surface area contributed by atoms with Crippen molar-refractivity contribution < 1.29 is 14.3 Å². The van der Waals surface area contributed by atoms with Crippen LogP contribution in [0.15, 0.2) is 83.5 Å². The number of carbonyl (C=O) groups excluding carboxylic acids is 1. The summed E-state index contributed by atoms with van der Waals surface area (Å²) in [5.41, 5.74) is 0.815. The first-order valence-corrected chi connectivity index (χ1v) is 9.57. The maximum Gasteiger partial charge on any atom is 0.315 e. The van der Waals surface area contributed by atoms with Gasteiger partial charge in [-0.3, -0.25) is 0 Å². The van der Waals surface area contributed by atoms with Crippen molar-refractivity contribution in [3.8, 4) is 0 Å². The lowest BCUT2D eigenvalue weighted by Gasteiger charge is -2.27. The third kappa shape index (κ3) is 3.94. The van der Waals surface area contributed by atoms with Gasteiger partial charge in [0.1, 0.15) is 11.4 Å². The van der Waals surface area contributed by atoms with Gasteiger partial charge in [0.2, 0.25) is 0 Å². The summed E-state index contributed by atoms with van der Waals surface area (Å²) in [5, 5.41) is 17.0. The van der Waals surface area contributed by atoms with Gasteiger partial charge in [0.25, 0.3) is 0 Å². The first-order chi connectivity index (χ1) is 13.7. The van der Waals surface area contributed by atoms with Gasteiger partial charge in [-0.2, -0.15) is 0 Å². The Bertz CT molecular complexity index is 853. The number of hydrogen-bond acceptors (Lipinski definition) is 3. The van der Waals surface area contributed by atoms with Crippen LogP contribution in [0.25, 0.3) is 0 Å². The Balaban J connectivity index is 1.48. The molecule has 28 heavy (non-hydrogen) atoms. The summed E-state index contributed by atoms with van der Waals surface area (Å²) >= 11 is 0. The van der Waals surface area contributed by atoms with Crippen molar-refractivity contribution in [2.24, 2.45) is 5.92 Å². The lowest BCUT2D eigenvalue weighted by molar-refractivity contribution is -0.00452. The number of urea groups is 1. The Morgan fingerprint density at radius 2 is 1.61 bits per heavy atom. The molecular weight excluding hydrogens is 352 g/mol. The van der Waals surface area contributed by atoms with E-state index in [2.05, 4.69) is 10.6 Å². The highest BCUT2D eigenvalue weighted by Crippen LogP contribution is 2.45. The molecule has 0 aliphatic heterocycles. The molecule has 1 saturated carbocycles. The molecule has 1 heterocycles. The first kappa shape index (κ1) is 18.3. The smallest absolute Gasteiger partial charge is 0.315 e. The molecule has 0 bridgehead atoms. The van der Waals surface area contributed by atoms with Crippen LogP contribution in [0.4, 0.5) is 4.79 Å². The van der Waals surface area contributed by atoms with Gasteiger partial charge in [-0.15, -0.1) is 0 Å². The topological polar surface area (TPSA) is 74.5 Å². The maximum atomic E-state index is 12.7. The normalized spacial score (nSPS) is 15.8. The van der Waals surface area contributed by atoms with Crippen molar-refractivity contribution >= 4 is 6.03 Å². The van der Waals surface area contributed by atoms with Crippen LogP contribution in [-0.4, -0.2) is 17.7 Å². The summed E-state index contributed by atoms with van der Waals surface area (Å²) < 4.78 is 5.43. The minimum absolute atomic E-state index is 0.104. The van der Waals surface area contributed by atoms with E-state index >= 15 is 0 Å². The molecule has 2 aromatic carbocycles. The number of furan rings is 1. The van der Waals surface area contributed by atoms with Crippen LogP contribution in [0.1, 0.15) is 35.8 Å². The van der Waals surface area contributed by atoms with E-state index in [1.54, 1.807) is 18.4 Å². The summed E-state index contributed by atoms with van der Waals surface area (Å²) in [6.45, 7) is 0.104. The third-order valence-corrected chi connectivity index (χ3v) is 5.26. The highest BCUT2D eigenvalue weighted by atomic mass is 16.4. The van der Waals surface area contributed by atoms with Crippen LogP contribution in [0.2, 0.25) is 0 Å². The highest BCUT2D eigenvalue weighted by molar-refractivity contribution is 5.75. The van der Waals surface area contributed by atoms with Crippen molar-refractivity contribution in [2.75, 3.05) is 6.54 Å². The average Bonchev–Trinajstić information content (AvgIpc) is 3.46. The molecule has 2 amide bonds. The van der Waals surface area contributed by atoms with Crippen LogP contribution >= 0.6 is 0 Å². The highest BCUT2D eigenvalue weighted by Gasteiger charge is 2.47. The number of carbonyl (C=O) groups is 1. The summed E-state index contributed by atoms with van der Waals surface area (Å²) in [7, 11) is 0. The minimum Gasteiger partial charge on any atom is -0.466 e. The third-order valence-electron chi connectivity index (χ3n) is 5.26. The van der Waals surface area contributed by atoms with Crippen LogP contribution in [0, 0.1) is 5.92 Å². The first-order valence-electron chi connectivity index (χ1n) is 9.57. The number of aliphatic hydroxyl groups is 1. The van der Waals surface area contributed by atoms with E-state index < -0.39 is 5.60 Å². The predicted octanol–water partition coefficient (Wildman–Crippen LogP) is 3.97. The van der Waals surface area contributed by atoms with E-state index in [1.165, 1.54) is 0 Å². The molecule has 5 nitrogen and oxygen atoms in total. The molecule has 1 aliphatic carbocycles. The lowest BCUT2D eigenvalue weighted by atomic mass is 9.94. The quantitative estimate of drug-likeness (QED) is 0.584. The SMILES string of the molecule is O=C(NC[C@@](O)(c1ccco1)C1CC1)NC(c1ccccc1)c1ccccc1. The monoisotopic (exact) mass is 376 g/mol. The zero-order valence-corrected chi connectivity index (χ0v) is 15.5. The van der Waals surface area contributed by atoms with E-state index in [1.807, 2.05) is 60.7 Å². The molecule has 0 spiro atoms. The molecule has 0 unspecified atom stereocenters. The second-order valence-electron chi connectivity index (χ2n) is 7.26. The molecule has 1 fully saturated rings. The van der Waals surface area contributed by atoms with Gasteiger partial charge < -0.3 is 20.2 Å². The number of nitrogens with one attached hydrogen (secondary N) is 2. The van der Waals surface area contributed by atoms with Crippen LogP contribution in [0.5, 0.6) is 0 Å². The second kappa shape index (κ2) is 7.90. The summed E-state index contributed by atoms with van der Waals surface area (Å²) in [6, 6.07) is 22.6. The Morgan fingerprint density at radius 1 is 1.00 bits per heavy atom. The summed E-state index contributed by atoms with van der Waals surface area (Å²) in [6.07, 6.45) is 3.40. The fraction of sp³-hybridized carbons (Fsp3) is 0.261. The van der Waals surface area contributed by atoms with Crippen molar-refractivity contribution in [2.45, 2.75) is 24.5 Å². The fourth-order valence-electron chi connectivity index (χ4n) is 3.57. The summed E-state index contributed by atoms with van der Waals surface area (Å²) in [4.78, 5) is 12.7. The molecule has 1 aliphatic rings. The molecule has 1 atom stereocenters. The molecule has 5 heteroatoms. The van der Waals surface area contributed by atoms with Gasteiger partial charge in [-0.05, 0) is 42.0 Å². The zero-order valence-electron chi connectivity index (χ0n) is 15.5. The Labute approximate surface area is 164 Å². The number of amides is 2. The number of benzene rings is 2. The molecule has 3 aromatic rings. The van der Waals surface area contributed by atoms with Crippen molar-refractivity contribution in [1.82, 2.24) is 10.6 Å². The van der Waals surface area contributed by atoms with Gasteiger partial charge in [0, 0.05) is 0 Å². The molecule has 1 aromatic heterocycles. The minimum atomic E-state index is -1.17. The van der Waals surface area contributed by atoms with E-state index in [4.69, 9.17) is 4.42 Å². The van der Waals surface area contributed by atoms with E-state index in [-0.39, 0.29) is 24.5 Å². The Hall–Kier alpha value is -3.05. The summed E-state index contributed by atoms with van der Waals surface area (Å²) in [5.74, 6) is 0.607. The van der Waals surface area contributed by atoms with Gasteiger partial charge >= 0.3 is 6.03 Å². The van der Waals surface area contributed by atoms with Gasteiger partial charge in [0.15, 0.2) is 0 Å². The molecular formula is C23H24N2O3. The largest absolute Gasteiger partial charge is 0.466 e. The van der Waals surface area contributed by atoms with E-state index in [9.17, 15) is 9.90 Å². The standard InChI is InChI=1S/C23H24N2O3/c26-22(24-16-23(27,19-13-14-19)20-12-7-15-28-20)25-21(17-8-3-1-4-9-17)18-10-5-2-6-11-18/h1-12,15,19,21,27H,13-14,16H2,(H2,24,25,26)/t23-/m0/s1. The van der Waals surface area contributed by atoms with Crippen molar-refractivity contribution in [1.29, 1.82) is 0 Å². The Morgan fingerprint density at radius 3 is 2.11 bits per heavy atom. The second-order valence-corrected chi connectivity index (χ2v) is 7.26. The van der Waals surface area contributed by atoms with Gasteiger partial charge in [0.05, 0.1) is 18.8 Å². The van der Waals surface area contributed by atoms with Crippen molar-refractivity contribution in [3.05, 3.63) is 95.9 Å². The zero-order chi connectivity index (χ0) is 19.4. The lowest BCUT2D eigenvalue weighted by Crippen LogP contribution is -2.46. The van der Waals surface area contributed by atoms with Crippen LogP contribution in [0.3, 0.4) is 0 Å².